The summed E-state index contributed by atoms with van der Waals surface area (Å²) in [4.78, 5) is 28.9. The Labute approximate surface area is 150 Å². The quantitative estimate of drug-likeness (QED) is 0.613. The number of sulfonamides is 1. The van der Waals surface area contributed by atoms with Gasteiger partial charge in [-0.25, -0.2) is 12.7 Å². The van der Waals surface area contributed by atoms with E-state index in [0.29, 0.717) is 32.7 Å². The molecule has 0 bridgehead atoms. The predicted molar refractivity (Wildman–Crippen MR) is 93.4 cm³/mol. The highest BCUT2D eigenvalue weighted by molar-refractivity contribution is 7.88. The van der Waals surface area contributed by atoms with Crippen molar-refractivity contribution in [2.75, 3.05) is 59.7 Å². The van der Waals surface area contributed by atoms with Gasteiger partial charge in [0.15, 0.2) is 0 Å². The van der Waals surface area contributed by atoms with Crippen molar-refractivity contribution in [2.45, 2.75) is 25.7 Å². The fraction of sp³-hybridized carbons (Fsp3) is 0.875. The molecule has 0 N–H and O–H groups in total. The maximum Gasteiger partial charge on any atom is 0.230 e. The second-order valence-electron chi connectivity index (χ2n) is 7.07. The largest absolute Gasteiger partial charge is 0.383 e. The Balaban J connectivity index is 1.93. The first-order valence-electron chi connectivity index (χ1n) is 8.67. The third-order valence-corrected chi connectivity index (χ3v) is 6.62. The fourth-order valence-electron chi connectivity index (χ4n) is 3.61. The lowest BCUT2D eigenvalue weighted by molar-refractivity contribution is -0.146. The van der Waals surface area contributed by atoms with E-state index in [1.54, 1.807) is 12.0 Å². The van der Waals surface area contributed by atoms with Crippen molar-refractivity contribution in [3.8, 4) is 0 Å². The number of nitrogens with zero attached hydrogens (tertiary/aromatic N) is 3. The predicted octanol–water partition coefficient (Wildman–Crippen LogP) is -0.245. The lowest BCUT2D eigenvalue weighted by atomic mass is 9.78. The first-order valence-corrected chi connectivity index (χ1v) is 10.5. The Bertz CT molecular complexity index is 609. The molecule has 0 aromatic rings. The third kappa shape index (κ3) is 4.71. The smallest absolute Gasteiger partial charge is 0.230 e. The molecule has 25 heavy (non-hydrogen) atoms. The molecule has 9 heteroatoms. The van der Waals surface area contributed by atoms with Crippen LogP contribution in [-0.2, 0) is 24.3 Å². The van der Waals surface area contributed by atoms with E-state index in [4.69, 9.17) is 4.74 Å². The number of ether oxygens (including phenoxy) is 1. The summed E-state index contributed by atoms with van der Waals surface area (Å²) in [6.07, 6.45) is 3.69. The van der Waals surface area contributed by atoms with E-state index in [0.717, 1.165) is 25.6 Å². The highest BCUT2D eigenvalue weighted by Gasteiger charge is 2.49. The Morgan fingerprint density at radius 2 is 2.04 bits per heavy atom. The van der Waals surface area contributed by atoms with Gasteiger partial charge in [-0.05, 0) is 19.3 Å². The molecule has 0 radical (unpaired) electrons. The average Bonchev–Trinajstić information content (AvgIpc) is 2.98. The summed E-state index contributed by atoms with van der Waals surface area (Å²) in [5.74, 6) is 0.0357. The number of rotatable bonds is 7. The van der Waals surface area contributed by atoms with Crippen LogP contribution in [0.4, 0.5) is 0 Å². The summed E-state index contributed by atoms with van der Waals surface area (Å²) in [5, 5.41) is 0. The third-order valence-electron chi connectivity index (χ3n) is 5.30. The van der Waals surface area contributed by atoms with Crippen LogP contribution in [0.2, 0.25) is 0 Å². The van der Waals surface area contributed by atoms with Crippen LogP contribution in [0.3, 0.4) is 0 Å². The van der Waals surface area contributed by atoms with Crippen LogP contribution in [0.15, 0.2) is 0 Å². The van der Waals surface area contributed by atoms with Crippen LogP contribution in [-0.4, -0.2) is 94.1 Å². The number of hydrogen-bond donors (Lipinski definition) is 0. The van der Waals surface area contributed by atoms with Gasteiger partial charge in [-0.3, -0.25) is 9.59 Å². The Hall–Kier alpha value is -1.19. The zero-order valence-corrected chi connectivity index (χ0v) is 16.2. The standard InChI is InChI=1S/C16H29N3O5S/c1-17(25(3,22)23)9-5-14(20)19-10-7-16(13-19)6-4-8-18(15(16)21)11-12-24-2/h4-13H2,1-3H3. The first kappa shape index (κ1) is 20.1. The number of carbonyl (C=O) groups is 2. The SMILES string of the molecule is COCCN1CCCC2(CCN(C(=O)CCN(C)S(C)(=O)=O)C2)C1=O. The lowest BCUT2D eigenvalue weighted by Gasteiger charge is -2.39. The Morgan fingerprint density at radius 3 is 2.68 bits per heavy atom. The Kier molecular flexibility index (Phi) is 6.45. The molecular formula is C16H29N3O5S. The zero-order valence-electron chi connectivity index (χ0n) is 15.4. The summed E-state index contributed by atoms with van der Waals surface area (Å²) in [7, 11) is -0.201. The second kappa shape index (κ2) is 8.01. The molecule has 8 nitrogen and oxygen atoms in total. The molecule has 1 atom stereocenters. The summed E-state index contributed by atoms with van der Waals surface area (Å²) >= 11 is 0. The summed E-state index contributed by atoms with van der Waals surface area (Å²) in [6.45, 7) is 3.01. The van der Waals surface area contributed by atoms with E-state index in [-0.39, 0.29) is 24.8 Å². The van der Waals surface area contributed by atoms with Gasteiger partial charge in [-0.1, -0.05) is 0 Å². The van der Waals surface area contributed by atoms with Crippen molar-refractivity contribution in [3.05, 3.63) is 0 Å². The van der Waals surface area contributed by atoms with E-state index in [1.165, 1.54) is 11.4 Å². The van der Waals surface area contributed by atoms with Crippen LogP contribution in [0.5, 0.6) is 0 Å². The molecule has 0 aromatic heterocycles. The summed E-state index contributed by atoms with van der Waals surface area (Å²) < 4.78 is 29.1. The van der Waals surface area contributed by atoms with Crippen LogP contribution >= 0.6 is 0 Å². The highest BCUT2D eigenvalue weighted by atomic mass is 32.2. The molecule has 1 spiro atoms. The van der Waals surface area contributed by atoms with Gasteiger partial charge < -0.3 is 14.5 Å². The number of piperidine rings is 1. The number of carbonyl (C=O) groups excluding carboxylic acids is 2. The molecule has 0 aromatic carbocycles. The molecule has 1 unspecified atom stereocenters. The lowest BCUT2D eigenvalue weighted by Crippen LogP contribution is -2.51. The number of amides is 2. The van der Waals surface area contributed by atoms with Gasteiger partial charge in [0.2, 0.25) is 21.8 Å². The van der Waals surface area contributed by atoms with Gasteiger partial charge in [-0.15, -0.1) is 0 Å². The number of methoxy groups -OCH3 is 1. The maximum absolute atomic E-state index is 12.9. The van der Waals surface area contributed by atoms with Gasteiger partial charge in [0.25, 0.3) is 0 Å². The minimum Gasteiger partial charge on any atom is -0.383 e. The normalized spacial score (nSPS) is 24.6. The van der Waals surface area contributed by atoms with E-state index >= 15 is 0 Å². The first-order chi connectivity index (χ1) is 11.7. The highest BCUT2D eigenvalue weighted by Crippen LogP contribution is 2.40. The van der Waals surface area contributed by atoms with Crippen molar-refractivity contribution in [1.29, 1.82) is 0 Å². The van der Waals surface area contributed by atoms with Crippen molar-refractivity contribution < 1.29 is 22.7 Å². The minimum atomic E-state index is -3.28. The maximum atomic E-state index is 12.9. The molecule has 2 amide bonds. The monoisotopic (exact) mass is 375 g/mol. The summed E-state index contributed by atoms with van der Waals surface area (Å²) in [5.41, 5.74) is -0.468. The molecule has 2 heterocycles. The van der Waals surface area contributed by atoms with E-state index in [1.807, 2.05) is 4.90 Å². The van der Waals surface area contributed by atoms with Crippen molar-refractivity contribution in [1.82, 2.24) is 14.1 Å². The van der Waals surface area contributed by atoms with Gasteiger partial charge >= 0.3 is 0 Å². The van der Waals surface area contributed by atoms with Crippen LogP contribution < -0.4 is 0 Å². The van der Waals surface area contributed by atoms with Gasteiger partial charge in [0.1, 0.15) is 0 Å². The van der Waals surface area contributed by atoms with Crippen molar-refractivity contribution in [3.63, 3.8) is 0 Å². The molecule has 0 saturated carbocycles. The zero-order chi connectivity index (χ0) is 18.7. The van der Waals surface area contributed by atoms with Crippen molar-refractivity contribution >= 4 is 21.8 Å². The van der Waals surface area contributed by atoms with E-state index < -0.39 is 15.4 Å². The fourth-order valence-corrected chi connectivity index (χ4v) is 4.03. The van der Waals surface area contributed by atoms with Gasteiger partial charge in [-0.2, -0.15) is 0 Å². The topological polar surface area (TPSA) is 87.2 Å². The molecular weight excluding hydrogens is 346 g/mol. The molecule has 2 rings (SSSR count). The number of likely N-dealkylation sites (tertiary alicyclic amines) is 2. The van der Waals surface area contributed by atoms with E-state index in [2.05, 4.69) is 0 Å². The average molecular weight is 375 g/mol. The molecule has 0 aliphatic carbocycles. The molecule has 2 aliphatic rings. The van der Waals surface area contributed by atoms with Gasteiger partial charge in [0.05, 0.1) is 18.3 Å². The molecule has 144 valence electrons. The van der Waals surface area contributed by atoms with Crippen LogP contribution in [0.25, 0.3) is 0 Å². The second-order valence-corrected chi connectivity index (χ2v) is 9.16. The molecule has 2 fully saturated rings. The summed E-state index contributed by atoms with van der Waals surface area (Å²) in [6, 6.07) is 0. The minimum absolute atomic E-state index is 0.0887. The molecule has 2 aliphatic heterocycles. The van der Waals surface area contributed by atoms with E-state index in [9.17, 15) is 18.0 Å². The van der Waals surface area contributed by atoms with Crippen molar-refractivity contribution in [2.24, 2.45) is 5.41 Å². The molecule has 2 saturated heterocycles. The van der Waals surface area contributed by atoms with Crippen LogP contribution in [0.1, 0.15) is 25.7 Å². The number of hydrogen-bond acceptors (Lipinski definition) is 5. The van der Waals surface area contributed by atoms with Crippen LogP contribution in [0, 0.1) is 5.41 Å². The van der Waals surface area contributed by atoms with Gasteiger partial charge in [0, 0.05) is 53.3 Å². The Morgan fingerprint density at radius 1 is 1.32 bits per heavy atom.